The standard InChI is InChI=1S/C18H17NO3/c1-21-17-11-9-15(10-12-17)8-5-13-19-18(20)22-14-16-6-3-2-4-7-16/h2-4,6-7,9-12H,13-14H2,1H3,(H,19,20). The Morgan fingerprint density at radius 2 is 1.82 bits per heavy atom. The Morgan fingerprint density at radius 1 is 1.09 bits per heavy atom. The summed E-state index contributed by atoms with van der Waals surface area (Å²) < 4.78 is 10.1. The van der Waals surface area contributed by atoms with Gasteiger partial charge >= 0.3 is 6.09 Å². The van der Waals surface area contributed by atoms with Crippen LogP contribution in [0.3, 0.4) is 0 Å². The Labute approximate surface area is 130 Å². The van der Waals surface area contributed by atoms with Gasteiger partial charge in [0.25, 0.3) is 0 Å². The molecular formula is C18H17NO3. The van der Waals surface area contributed by atoms with Crippen molar-refractivity contribution < 1.29 is 14.3 Å². The maximum atomic E-state index is 11.5. The van der Waals surface area contributed by atoms with E-state index in [4.69, 9.17) is 9.47 Å². The summed E-state index contributed by atoms with van der Waals surface area (Å²) in [6.07, 6.45) is -0.479. The largest absolute Gasteiger partial charge is 0.497 e. The van der Waals surface area contributed by atoms with Crippen LogP contribution in [-0.2, 0) is 11.3 Å². The van der Waals surface area contributed by atoms with Crippen LogP contribution in [0.5, 0.6) is 5.75 Å². The zero-order valence-corrected chi connectivity index (χ0v) is 12.3. The lowest BCUT2D eigenvalue weighted by Gasteiger charge is -2.04. The molecule has 0 aromatic heterocycles. The zero-order chi connectivity index (χ0) is 15.6. The van der Waals surface area contributed by atoms with Crippen LogP contribution in [0.15, 0.2) is 54.6 Å². The molecule has 4 heteroatoms. The fourth-order valence-electron chi connectivity index (χ4n) is 1.71. The molecular weight excluding hydrogens is 278 g/mol. The molecule has 2 rings (SSSR count). The van der Waals surface area contributed by atoms with E-state index in [1.807, 2.05) is 54.6 Å². The van der Waals surface area contributed by atoms with Crippen molar-refractivity contribution >= 4 is 6.09 Å². The van der Waals surface area contributed by atoms with Crippen molar-refractivity contribution in [2.24, 2.45) is 0 Å². The van der Waals surface area contributed by atoms with Crippen LogP contribution in [-0.4, -0.2) is 19.7 Å². The molecule has 0 saturated heterocycles. The van der Waals surface area contributed by atoms with Gasteiger partial charge in [-0.05, 0) is 29.8 Å². The average molecular weight is 295 g/mol. The van der Waals surface area contributed by atoms with Gasteiger partial charge in [-0.3, -0.25) is 0 Å². The number of rotatable bonds is 4. The van der Waals surface area contributed by atoms with E-state index in [-0.39, 0.29) is 13.2 Å². The summed E-state index contributed by atoms with van der Waals surface area (Å²) in [5.74, 6) is 6.60. The Kier molecular flexibility index (Phi) is 5.89. The molecule has 1 N–H and O–H groups in total. The van der Waals surface area contributed by atoms with Crippen molar-refractivity contribution in [1.29, 1.82) is 0 Å². The predicted octanol–water partition coefficient (Wildman–Crippen LogP) is 2.97. The third-order valence-corrected chi connectivity index (χ3v) is 2.86. The van der Waals surface area contributed by atoms with Crippen molar-refractivity contribution in [2.45, 2.75) is 6.61 Å². The third-order valence-electron chi connectivity index (χ3n) is 2.86. The number of hydrogen-bond acceptors (Lipinski definition) is 3. The summed E-state index contributed by atoms with van der Waals surface area (Å²) in [5.41, 5.74) is 1.81. The maximum Gasteiger partial charge on any atom is 0.408 e. The van der Waals surface area contributed by atoms with Crippen LogP contribution >= 0.6 is 0 Å². The van der Waals surface area contributed by atoms with E-state index in [1.54, 1.807) is 7.11 Å². The summed E-state index contributed by atoms with van der Waals surface area (Å²) in [6.45, 7) is 0.484. The molecule has 0 aliphatic heterocycles. The lowest BCUT2D eigenvalue weighted by Crippen LogP contribution is -2.24. The van der Waals surface area contributed by atoms with Crippen LogP contribution < -0.4 is 10.1 Å². The first kappa shape index (κ1) is 15.5. The van der Waals surface area contributed by atoms with Crippen LogP contribution in [0.1, 0.15) is 11.1 Å². The van der Waals surface area contributed by atoms with Crippen LogP contribution in [0.4, 0.5) is 4.79 Å². The van der Waals surface area contributed by atoms with Gasteiger partial charge in [0.1, 0.15) is 12.4 Å². The van der Waals surface area contributed by atoms with E-state index < -0.39 is 6.09 Å². The Morgan fingerprint density at radius 3 is 2.50 bits per heavy atom. The van der Waals surface area contributed by atoms with E-state index in [0.717, 1.165) is 16.9 Å². The molecule has 4 nitrogen and oxygen atoms in total. The summed E-state index contributed by atoms with van der Waals surface area (Å²) in [6, 6.07) is 16.9. The zero-order valence-electron chi connectivity index (χ0n) is 12.3. The van der Waals surface area contributed by atoms with Crippen LogP contribution in [0, 0.1) is 11.8 Å². The molecule has 0 radical (unpaired) electrons. The molecule has 112 valence electrons. The van der Waals surface area contributed by atoms with E-state index in [2.05, 4.69) is 17.2 Å². The monoisotopic (exact) mass is 295 g/mol. The highest BCUT2D eigenvalue weighted by atomic mass is 16.5. The van der Waals surface area contributed by atoms with Crippen LogP contribution in [0.25, 0.3) is 0 Å². The number of alkyl carbamates (subject to hydrolysis) is 1. The normalized spacial score (nSPS) is 9.32. The molecule has 0 saturated carbocycles. The minimum absolute atomic E-state index is 0.236. The highest BCUT2D eigenvalue weighted by molar-refractivity contribution is 5.67. The fourth-order valence-corrected chi connectivity index (χ4v) is 1.71. The second kappa shape index (κ2) is 8.38. The molecule has 2 aromatic carbocycles. The van der Waals surface area contributed by atoms with Gasteiger partial charge in [0.2, 0.25) is 0 Å². The van der Waals surface area contributed by atoms with E-state index in [0.29, 0.717) is 0 Å². The highest BCUT2D eigenvalue weighted by Crippen LogP contribution is 2.09. The smallest absolute Gasteiger partial charge is 0.408 e. The minimum atomic E-state index is -0.479. The van der Waals surface area contributed by atoms with Gasteiger partial charge in [0.15, 0.2) is 0 Å². The summed E-state index contributed by atoms with van der Waals surface area (Å²) >= 11 is 0. The average Bonchev–Trinajstić information content (AvgIpc) is 2.58. The molecule has 0 unspecified atom stereocenters. The Hall–Kier alpha value is -2.93. The molecule has 0 heterocycles. The second-order valence-corrected chi connectivity index (χ2v) is 4.45. The first-order valence-electron chi connectivity index (χ1n) is 6.85. The first-order valence-corrected chi connectivity index (χ1v) is 6.85. The topological polar surface area (TPSA) is 47.6 Å². The SMILES string of the molecule is COc1ccc(C#CCNC(=O)OCc2ccccc2)cc1. The molecule has 22 heavy (non-hydrogen) atoms. The molecule has 0 bridgehead atoms. The number of benzene rings is 2. The fraction of sp³-hybridized carbons (Fsp3) is 0.167. The number of amides is 1. The number of hydrogen-bond donors (Lipinski definition) is 1. The number of methoxy groups -OCH3 is 1. The van der Waals surface area contributed by atoms with Gasteiger partial charge in [0, 0.05) is 5.56 Å². The molecule has 0 atom stereocenters. The Bertz CT molecular complexity index is 654. The quantitative estimate of drug-likeness (QED) is 0.882. The maximum absolute atomic E-state index is 11.5. The van der Waals surface area contributed by atoms with Gasteiger partial charge in [0.05, 0.1) is 13.7 Å². The van der Waals surface area contributed by atoms with Gasteiger partial charge in [-0.1, -0.05) is 42.2 Å². The van der Waals surface area contributed by atoms with Gasteiger partial charge in [-0.15, -0.1) is 0 Å². The molecule has 0 aliphatic rings. The number of carbonyl (C=O) groups is 1. The molecule has 0 fully saturated rings. The lowest BCUT2D eigenvalue weighted by molar-refractivity contribution is 0.141. The Balaban J connectivity index is 1.71. The van der Waals surface area contributed by atoms with Crippen molar-refractivity contribution in [3.05, 3.63) is 65.7 Å². The van der Waals surface area contributed by atoms with Gasteiger partial charge < -0.3 is 14.8 Å². The summed E-state index contributed by atoms with van der Waals surface area (Å²) in [4.78, 5) is 11.5. The van der Waals surface area contributed by atoms with Crippen molar-refractivity contribution in [3.63, 3.8) is 0 Å². The molecule has 2 aromatic rings. The van der Waals surface area contributed by atoms with Crippen molar-refractivity contribution in [2.75, 3.05) is 13.7 Å². The third kappa shape index (κ3) is 5.22. The molecule has 0 aliphatic carbocycles. The number of ether oxygens (including phenoxy) is 2. The van der Waals surface area contributed by atoms with E-state index in [1.165, 1.54) is 0 Å². The predicted molar refractivity (Wildman–Crippen MR) is 84.5 cm³/mol. The van der Waals surface area contributed by atoms with E-state index in [9.17, 15) is 4.79 Å². The van der Waals surface area contributed by atoms with E-state index >= 15 is 0 Å². The summed E-state index contributed by atoms with van der Waals surface area (Å²) in [7, 11) is 1.62. The van der Waals surface area contributed by atoms with Gasteiger partial charge in [-0.2, -0.15) is 0 Å². The van der Waals surface area contributed by atoms with Crippen LogP contribution in [0.2, 0.25) is 0 Å². The van der Waals surface area contributed by atoms with Crippen molar-refractivity contribution in [1.82, 2.24) is 5.32 Å². The molecule has 1 amide bonds. The van der Waals surface area contributed by atoms with Crippen molar-refractivity contribution in [3.8, 4) is 17.6 Å². The highest BCUT2D eigenvalue weighted by Gasteiger charge is 2.00. The number of carbonyl (C=O) groups excluding carboxylic acids is 1. The van der Waals surface area contributed by atoms with Gasteiger partial charge in [-0.25, -0.2) is 4.79 Å². The second-order valence-electron chi connectivity index (χ2n) is 4.45. The molecule has 0 spiro atoms. The minimum Gasteiger partial charge on any atom is -0.497 e. The lowest BCUT2D eigenvalue weighted by atomic mass is 10.2. The summed E-state index contributed by atoms with van der Waals surface area (Å²) in [5, 5.41) is 2.59. The number of nitrogens with one attached hydrogen (secondary N) is 1. The first-order chi connectivity index (χ1) is 10.8.